The van der Waals surface area contributed by atoms with Gasteiger partial charge in [-0.15, -0.1) is 0 Å². The second-order valence-electron chi connectivity index (χ2n) is 9.28. The molecule has 8 heteroatoms. The zero-order valence-corrected chi connectivity index (χ0v) is 24.4. The third-order valence-corrected chi connectivity index (χ3v) is 6.02. The Balaban J connectivity index is 0. The summed E-state index contributed by atoms with van der Waals surface area (Å²) in [6, 6.07) is 15.9. The average molecular weight is 545 g/mol. The molecule has 1 aliphatic rings. The van der Waals surface area contributed by atoms with E-state index in [2.05, 4.69) is 50.4 Å². The highest BCUT2D eigenvalue weighted by Crippen LogP contribution is 2.28. The predicted octanol–water partition coefficient (Wildman–Crippen LogP) is 5.83. The Bertz CT molecular complexity index is 889. The maximum absolute atomic E-state index is 11.6. The Hall–Kier alpha value is -3.52. The topological polar surface area (TPSA) is 125 Å². The minimum atomic E-state index is -0.307. The van der Waals surface area contributed by atoms with E-state index in [0.717, 1.165) is 37.1 Å². The first-order chi connectivity index (χ1) is 18.7. The number of methoxy groups -OCH3 is 1. The molecule has 2 aromatic carbocycles. The molecule has 0 bridgehead atoms. The van der Waals surface area contributed by atoms with Crippen molar-refractivity contribution in [2.24, 2.45) is 11.1 Å². The van der Waals surface area contributed by atoms with Crippen molar-refractivity contribution in [1.29, 1.82) is 0 Å². The lowest BCUT2D eigenvalue weighted by Gasteiger charge is -2.29. The number of ether oxygens (including phenoxy) is 2. The van der Waals surface area contributed by atoms with Gasteiger partial charge in [0.15, 0.2) is 0 Å². The van der Waals surface area contributed by atoms with E-state index < -0.39 is 0 Å². The Labute approximate surface area is 234 Å². The molecule has 1 aliphatic heterocycles. The van der Waals surface area contributed by atoms with E-state index >= 15 is 0 Å². The molecule has 1 heterocycles. The third-order valence-electron chi connectivity index (χ3n) is 6.02. The van der Waals surface area contributed by atoms with Crippen molar-refractivity contribution in [3.8, 4) is 5.75 Å². The van der Waals surface area contributed by atoms with E-state index in [1.165, 1.54) is 24.0 Å². The van der Waals surface area contributed by atoms with Crippen LogP contribution in [0, 0.1) is 19.3 Å². The number of rotatable bonds is 8. The van der Waals surface area contributed by atoms with Gasteiger partial charge < -0.3 is 30.1 Å². The Morgan fingerprint density at radius 2 is 1.49 bits per heavy atom. The fraction of sp³-hybridized carbons (Fsp3) is 0.484. The second-order valence-corrected chi connectivity index (χ2v) is 9.28. The average Bonchev–Trinajstić information content (AvgIpc) is 2.96. The highest BCUT2D eigenvalue weighted by atomic mass is 16.5. The van der Waals surface area contributed by atoms with Crippen LogP contribution in [0.3, 0.4) is 0 Å². The van der Waals surface area contributed by atoms with Crippen LogP contribution >= 0.6 is 0 Å². The number of unbranched alkanes of at least 4 members (excludes halogenated alkanes) is 3. The fourth-order valence-electron chi connectivity index (χ4n) is 3.34. The van der Waals surface area contributed by atoms with Crippen molar-refractivity contribution in [3.63, 3.8) is 0 Å². The zero-order chi connectivity index (χ0) is 30.1. The van der Waals surface area contributed by atoms with Crippen LogP contribution in [0.2, 0.25) is 0 Å². The van der Waals surface area contributed by atoms with Gasteiger partial charge >= 0.3 is 0 Å². The third kappa shape index (κ3) is 18.4. The monoisotopic (exact) mass is 544 g/mol. The molecular weight excluding hydrogens is 496 g/mol. The first kappa shape index (κ1) is 37.6. The summed E-state index contributed by atoms with van der Waals surface area (Å²) in [5.41, 5.74) is 8.35. The van der Waals surface area contributed by atoms with Crippen molar-refractivity contribution in [2.75, 3.05) is 25.6 Å². The molecule has 1 saturated heterocycles. The quantitative estimate of drug-likeness (QED) is 0.403. The van der Waals surface area contributed by atoms with Crippen LogP contribution in [0.1, 0.15) is 69.9 Å². The van der Waals surface area contributed by atoms with Gasteiger partial charge in [0, 0.05) is 31.4 Å². The van der Waals surface area contributed by atoms with Gasteiger partial charge in [-0.2, -0.15) is 0 Å². The molecule has 3 rings (SSSR count). The minimum absolute atomic E-state index is 0.0781. The van der Waals surface area contributed by atoms with Gasteiger partial charge in [-0.25, -0.2) is 0 Å². The van der Waals surface area contributed by atoms with Crippen LogP contribution in [0.5, 0.6) is 5.75 Å². The molecule has 0 aliphatic carbocycles. The molecule has 3 N–H and O–H groups in total. The van der Waals surface area contributed by atoms with Crippen LogP contribution in [0.15, 0.2) is 48.5 Å². The summed E-state index contributed by atoms with van der Waals surface area (Å²) in [6.07, 6.45) is 6.61. The van der Waals surface area contributed by atoms with E-state index in [4.69, 9.17) is 24.8 Å². The van der Waals surface area contributed by atoms with E-state index in [1.807, 2.05) is 44.8 Å². The minimum Gasteiger partial charge on any atom is -0.497 e. The van der Waals surface area contributed by atoms with E-state index in [-0.39, 0.29) is 17.2 Å². The van der Waals surface area contributed by atoms with Crippen LogP contribution in [-0.2, 0) is 23.9 Å². The number of hydrogen-bond donors (Lipinski definition) is 2. The zero-order valence-electron chi connectivity index (χ0n) is 24.4. The van der Waals surface area contributed by atoms with Crippen LogP contribution in [-0.4, -0.2) is 45.7 Å². The Morgan fingerprint density at radius 3 is 1.92 bits per heavy atom. The molecule has 2 aromatic rings. The number of carbonyl (C=O) groups is 4. The van der Waals surface area contributed by atoms with Gasteiger partial charge in [0.05, 0.1) is 12.5 Å². The lowest BCUT2D eigenvalue weighted by molar-refractivity contribution is -0.131. The maximum atomic E-state index is 11.6. The molecule has 0 atom stereocenters. The predicted molar refractivity (Wildman–Crippen MR) is 158 cm³/mol. The highest BCUT2D eigenvalue weighted by molar-refractivity contribution is 5.90. The molecule has 2 amide bonds. The van der Waals surface area contributed by atoms with E-state index in [9.17, 15) is 9.59 Å². The van der Waals surface area contributed by atoms with Crippen molar-refractivity contribution < 1.29 is 28.7 Å². The summed E-state index contributed by atoms with van der Waals surface area (Å²) in [6.45, 7) is 13.6. The largest absolute Gasteiger partial charge is 0.497 e. The van der Waals surface area contributed by atoms with Gasteiger partial charge in [0.2, 0.25) is 11.8 Å². The summed E-state index contributed by atoms with van der Waals surface area (Å²) < 4.78 is 10.2. The summed E-state index contributed by atoms with van der Waals surface area (Å²) in [5, 5.41) is 2.87. The lowest BCUT2D eigenvalue weighted by Crippen LogP contribution is -2.39. The Morgan fingerprint density at radius 1 is 0.949 bits per heavy atom. The molecular formula is C31H48N2O6. The SMILES string of the molecule is C=O.C=O.CC1(C(N)=O)CCOCC1.CCCCCCC(=O)Nc1cccc(OC)c1.Cc1ccc(C)cc1. The van der Waals surface area contributed by atoms with Crippen LogP contribution in [0.25, 0.3) is 0 Å². The molecule has 0 spiro atoms. The number of benzene rings is 2. The fourth-order valence-corrected chi connectivity index (χ4v) is 3.34. The number of nitrogens with one attached hydrogen (secondary N) is 1. The molecule has 1 fully saturated rings. The van der Waals surface area contributed by atoms with Gasteiger partial charge in [-0.3, -0.25) is 9.59 Å². The van der Waals surface area contributed by atoms with Crippen molar-refractivity contribution >= 4 is 31.1 Å². The Kier molecular flexibility index (Phi) is 22.8. The highest BCUT2D eigenvalue weighted by Gasteiger charge is 2.32. The van der Waals surface area contributed by atoms with Crippen molar-refractivity contribution in [2.45, 2.75) is 72.6 Å². The summed E-state index contributed by atoms with van der Waals surface area (Å²) in [4.78, 5) is 38.5. The normalized spacial score (nSPS) is 12.6. The lowest BCUT2D eigenvalue weighted by atomic mass is 9.82. The van der Waals surface area contributed by atoms with Gasteiger partial charge in [0.25, 0.3) is 0 Å². The summed E-state index contributed by atoms with van der Waals surface area (Å²) in [5.74, 6) is 0.638. The molecule has 8 nitrogen and oxygen atoms in total. The van der Waals surface area contributed by atoms with Crippen LogP contribution < -0.4 is 15.8 Å². The number of nitrogens with two attached hydrogens (primary N) is 1. The van der Waals surface area contributed by atoms with Gasteiger partial charge in [-0.1, -0.05) is 74.6 Å². The molecule has 0 unspecified atom stereocenters. The molecule has 0 saturated carbocycles. The summed E-state index contributed by atoms with van der Waals surface area (Å²) in [7, 11) is 1.62. The number of carbonyl (C=O) groups excluding carboxylic acids is 4. The number of aryl methyl sites for hydroxylation is 2. The molecule has 0 aromatic heterocycles. The number of primary amides is 1. The van der Waals surface area contributed by atoms with Crippen molar-refractivity contribution in [3.05, 3.63) is 59.7 Å². The standard InChI is InChI=1S/C14H21NO2.C8H10.C7H13NO2.2CH2O/c1-3-4-5-6-10-14(16)15-12-8-7-9-13(11-12)17-2;1-7-3-5-8(2)6-4-7;1-7(6(8)9)2-4-10-5-3-7;2*1-2/h7-9,11H,3-6,10H2,1-2H3,(H,15,16);3-6H,1-2H3;2-5H2,1H3,(H2,8,9);2*1H2. The molecule has 0 radical (unpaired) electrons. The smallest absolute Gasteiger partial charge is 0.224 e. The van der Waals surface area contributed by atoms with Gasteiger partial charge in [0.1, 0.15) is 19.3 Å². The summed E-state index contributed by atoms with van der Waals surface area (Å²) >= 11 is 0. The van der Waals surface area contributed by atoms with Gasteiger partial charge in [-0.05, 0) is 45.2 Å². The second kappa shape index (κ2) is 23.6. The van der Waals surface area contributed by atoms with E-state index in [0.29, 0.717) is 19.6 Å². The van der Waals surface area contributed by atoms with Crippen molar-refractivity contribution in [1.82, 2.24) is 0 Å². The number of amides is 2. The van der Waals surface area contributed by atoms with E-state index in [1.54, 1.807) is 7.11 Å². The number of anilines is 1. The first-order valence-corrected chi connectivity index (χ1v) is 13.1. The number of hydrogen-bond acceptors (Lipinski definition) is 6. The molecule has 218 valence electrons. The molecule has 39 heavy (non-hydrogen) atoms. The van der Waals surface area contributed by atoms with Crippen LogP contribution in [0.4, 0.5) is 5.69 Å². The maximum Gasteiger partial charge on any atom is 0.224 e. The first-order valence-electron chi connectivity index (χ1n) is 13.1.